The number of rotatable bonds is 3. The summed E-state index contributed by atoms with van der Waals surface area (Å²) in [6.07, 6.45) is 4.51. The molecule has 0 saturated heterocycles. The quantitative estimate of drug-likeness (QED) is 0.654. The number of fused-ring (bicyclic) bond motifs is 3. The van der Waals surface area contributed by atoms with E-state index in [1.165, 1.54) is 15.8 Å². The summed E-state index contributed by atoms with van der Waals surface area (Å²) in [6, 6.07) is 5.81. The topological polar surface area (TPSA) is 64.0 Å². The summed E-state index contributed by atoms with van der Waals surface area (Å²) in [5.41, 5.74) is 4.23. The molecular weight excluding hydrogens is 394 g/mol. The molecule has 3 aromatic rings. The first-order chi connectivity index (χ1) is 14.1. The summed E-state index contributed by atoms with van der Waals surface area (Å²) in [5.74, 6) is 0.396. The predicted molar refractivity (Wildman–Crippen MR) is 123 cm³/mol. The molecule has 1 amide bonds. The Hall–Kier alpha value is -2.47. The Kier molecular flexibility index (Phi) is 5.30. The highest BCUT2D eigenvalue weighted by molar-refractivity contribution is 7.18. The van der Waals surface area contributed by atoms with E-state index in [2.05, 4.69) is 31.1 Å². The number of nitrogens with one attached hydrogen (secondary N) is 1. The number of benzene rings is 1. The average molecular weight is 424 g/mol. The summed E-state index contributed by atoms with van der Waals surface area (Å²) in [5, 5.41) is 3.64. The first kappa shape index (κ1) is 20.8. The lowest BCUT2D eigenvalue weighted by molar-refractivity contribution is -0.116. The molecule has 1 aliphatic rings. The third kappa shape index (κ3) is 3.81. The second-order valence-electron chi connectivity index (χ2n) is 9.46. The highest BCUT2D eigenvalue weighted by Crippen LogP contribution is 2.41. The molecule has 6 heteroatoms. The molecule has 1 aliphatic carbocycles. The van der Waals surface area contributed by atoms with Crippen LogP contribution in [-0.2, 0) is 24.2 Å². The molecule has 0 fully saturated rings. The van der Waals surface area contributed by atoms with Crippen LogP contribution >= 0.6 is 11.3 Å². The van der Waals surface area contributed by atoms with Crippen LogP contribution in [0.3, 0.4) is 0 Å². The number of amides is 1. The number of aromatic nitrogens is 2. The molecule has 0 unspecified atom stereocenters. The van der Waals surface area contributed by atoms with Crippen molar-refractivity contribution < 1.29 is 4.79 Å². The van der Waals surface area contributed by atoms with E-state index in [1.54, 1.807) is 11.3 Å². The molecule has 4 rings (SSSR count). The Labute approximate surface area is 181 Å². The number of thiophene rings is 1. The van der Waals surface area contributed by atoms with Gasteiger partial charge in [-0.2, -0.15) is 0 Å². The van der Waals surface area contributed by atoms with Gasteiger partial charge in [0.25, 0.3) is 5.56 Å². The Morgan fingerprint density at radius 2 is 2.07 bits per heavy atom. The zero-order valence-corrected chi connectivity index (χ0v) is 19.2. The molecule has 1 N–H and O–H groups in total. The van der Waals surface area contributed by atoms with Crippen LogP contribution in [0.15, 0.2) is 29.3 Å². The van der Waals surface area contributed by atoms with Crippen molar-refractivity contribution in [2.24, 2.45) is 11.3 Å². The summed E-state index contributed by atoms with van der Waals surface area (Å²) in [7, 11) is 0. The minimum Gasteiger partial charge on any atom is -0.324 e. The van der Waals surface area contributed by atoms with Crippen molar-refractivity contribution in [1.82, 2.24) is 9.55 Å². The lowest BCUT2D eigenvalue weighted by Crippen LogP contribution is -2.29. The molecule has 5 nitrogen and oxygen atoms in total. The number of hydrogen-bond donors (Lipinski definition) is 1. The number of hydrogen-bond acceptors (Lipinski definition) is 4. The molecule has 0 spiro atoms. The largest absolute Gasteiger partial charge is 0.324 e. The van der Waals surface area contributed by atoms with Crippen molar-refractivity contribution in [3.8, 4) is 0 Å². The first-order valence-corrected chi connectivity index (χ1v) is 11.3. The summed E-state index contributed by atoms with van der Waals surface area (Å²) >= 11 is 1.64. The molecule has 2 heterocycles. The van der Waals surface area contributed by atoms with Crippen molar-refractivity contribution >= 4 is 33.1 Å². The maximum Gasteiger partial charge on any atom is 0.262 e. The van der Waals surface area contributed by atoms with Crippen molar-refractivity contribution in [3.05, 3.63) is 56.4 Å². The molecule has 30 heavy (non-hydrogen) atoms. The van der Waals surface area contributed by atoms with Gasteiger partial charge in [0.05, 0.1) is 11.7 Å². The fourth-order valence-corrected chi connectivity index (χ4v) is 5.54. The average Bonchev–Trinajstić information content (AvgIpc) is 3.05. The smallest absolute Gasteiger partial charge is 0.262 e. The number of carbonyl (C=O) groups excluding carboxylic acids is 1. The minimum absolute atomic E-state index is 0.0373. The van der Waals surface area contributed by atoms with E-state index >= 15 is 0 Å². The van der Waals surface area contributed by atoms with Crippen LogP contribution in [0.2, 0.25) is 0 Å². The molecule has 0 saturated carbocycles. The minimum atomic E-state index is -0.219. The third-order valence-electron chi connectivity index (χ3n) is 6.45. The monoisotopic (exact) mass is 423 g/mol. The molecule has 0 radical (unpaired) electrons. The van der Waals surface area contributed by atoms with Crippen LogP contribution in [0.4, 0.5) is 5.69 Å². The Balaban J connectivity index is 1.61. The van der Waals surface area contributed by atoms with Crippen LogP contribution in [0, 0.1) is 25.2 Å². The molecule has 0 aliphatic heterocycles. The molecule has 0 bridgehead atoms. The van der Waals surface area contributed by atoms with Crippen molar-refractivity contribution in [1.29, 1.82) is 0 Å². The van der Waals surface area contributed by atoms with Crippen LogP contribution in [0.25, 0.3) is 10.2 Å². The number of nitrogens with zero attached hydrogens (tertiary/aromatic N) is 2. The van der Waals surface area contributed by atoms with Gasteiger partial charge in [-0.25, -0.2) is 4.98 Å². The molecule has 158 valence electrons. The fraction of sp³-hybridized carbons (Fsp3) is 0.458. The van der Waals surface area contributed by atoms with E-state index in [0.29, 0.717) is 11.3 Å². The fourth-order valence-electron chi connectivity index (χ4n) is 4.28. The summed E-state index contributed by atoms with van der Waals surface area (Å²) in [4.78, 5) is 32.4. The van der Waals surface area contributed by atoms with Crippen LogP contribution < -0.4 is 10.9 Å². The molecule has 2 aromatic heterocycles. The molecule has 1 aromatic carbocycles. The molecular formula is C24H29N3O2S. The van der Waals surface area contributed by atoms with Crippen LogP contribution in [-0.4, -0.2) is 15.5 Å². The third-order valence-corrected chi connectivity index (χ3v) is 7.62. The van der Waals surface area contributed by atoms with Crippen molar-refractivity contribution in [3.63, 3.8) is 0 Å². The lowest BCUT2D eigenvalue weighted by atomic mass is 9.72. The predicted octanol–water partition coefficient (Wildman–Crippen LogP) is 4.86. The van der Waals surface area contributed by atoms with E-state index in [4.69, 9.17) is 0 Å². The SMILES string of the molecule is Cc1cccc(NC(=O)Cn2cnc3sc4c(c3c2=O)CC[C@H](C(C)(C)C)C4)c1C. The Morgan fingerprint density at radius 1 is 1.30 bits per heavy atom. The van der Waals surface area contributed by atoms with Gasteiger partial charge in [-0.1, -0.05) is 32.9 Å². The Bertz CT molecular complexity index is 1180. The van der Waals surface area contributed by atoms with Gasteiger partial charge in [0.1, 0.15) is 11.4 Å². The van der Waals surface area contributed by atoms with Gasteiger partial charge < -0.3 is 5.32 Å². The number of anilines is 1. The van der Waals surface area contributed by atoms with Crippen LogP contribution in [0.1, 0.15) is 48.8 Å². The first-order valence-electron chi connectivity index (χ1n) is 10.5. The highest BCUT2D eigenvalue weighted by Gasteiger charge is 2.31. The number of carbonyl (C=O) groups is 1. The summed E-state index contributed by atoms with van der Waals surface area (Å²) in [6.45, 7) is 10.8. The standard InChI is InChI=1S/C24H29N3O2S/c1-14-7-6-8-18(15(14)2)26-20(28)12-27-13-25-22-21(23(27)29)17-10-9-16(24(3,4)5)11-19(17)30-22/h6-8,13,16H,9-12H2,1-5H3,(H,26,28)/t16-/m0/s1. The van der Waals surface area contributed by atoms with E-state index in [1.807, 2.05) is 32.0 Å². The second-order valence-corrected chi connectivity index (χ2v) is 10.5. The van der Waals surface area contributed by atoms with Crippen LogP contribution in [0.5, 0.6) is 0 Å². The highest BCUT2D eigenvalue weighted by atomic mass is 32.1. The Morgan fingerprint density at radius 3 is 2.80 bits per heavy atom. The maximum absolute atomic E-state index is 13.2. The van der Waals surface area contributed by atoms with E-state index in [9.17, 15) is 9.59 Å². The van der Waals surface area contributed by atoms with Gasteiger partial charge in [0.15, 0.2) is 0 Å². The van der Waals surface area contributed by atoms with E-state index < -0.39 is 0 Å². The maximum atomic E-state index is 13.2. The van der Waals surface area contributed by atoms with E-state index in [0.717, 1.165) is 46.5 Å². The van der Waals surface area contributed by atoms with Crippen molar-refractivity contribution in [2.75, 3.05) is 5.32 Å². The van der Waals surface area contributed by atoms with Gasteiger partial charge in [-0.05, 0) is 67.2 Å². The van der Waals surface area contributed by atoms with Gasteiger partial charge in [-0.15, -0.1) is 11.3 Å². The molecule has 1 atom stereocenters. The van der Waals surface area contributed by atoms with Gasteiger partial charge >= 0.3 is 0 Å². The lowest BCUT2D eigenvalue weighted by Gasteiger charge is -2.33. The van der Waals surface area contributed by atoms with Gasteiger partial charge in [0, 0.05) is 10.6 Å². The number of aryl methyl sites for hydroxylation is 2. The second kappa shape index (κ2) is 7.65. The zero-order chi connectivity index (χ0) is 21.6. The van der Waals surface area contributed by atoms with Crippen molar-refractivity contribution in [2.45, 2.75) is 60.4 Å². The normalized spacial score (nSPS) is 16.5. The zero-order valence-electron chi connectivity index (χ0n) is 18.3. The van der Waals surface area contributed by atoms with Gasteiger partial charge in [-0.3, -0.25) is 14.2 Å². The van der Waals surface area contributed by atoms with Gasteiger partial charge in [0.2, 0.25) is 5.91 Å². The van der Waals surface area contributed by atoms with E-state index in [-0.39, 0.29) is 23.4 Å². The summed E-state index contributed by atoms with van der Waals surface area (Å²) < 4.78 is 1.44.